The number of aliphatic hydroxyl groups is 1. The molecule has 1 atom stereocenters. The van der Waals surface area contributed by atoms with Gasteiger partial charge in [0.1, 0.15) is 5.60 Å². The first-order valence-corrected chi connectivity index (χ1v) is 11.6. The molecule has 1 aliphatic heterocycles. The van der Waals surface area contributed by atoms with Gasteiger partial charge in [-0.25, -0.2) is 4.99 Å². The fourth-order valence-corrected chi connectivity index (χ4v) is 4.44. The second kappa shape index (κ2) is 12.6. The first-order chi connectivity index (χ1) is 14.1. The molecule has 0 saturated carbocycles. The molecule has 1 aromatic heterocycles. The predicted octanol–water partition coefficient (Wildman–Crippen LogP) is 4.31. The van der Waals surface area contributed by atoms with Gasteiger partial charge < -0.3 is 15.7 Å². The van der Waals surface area contributed by atoms with Crippen LogP contribution in [0, 0.1) is 0 Å². The average Bonchev–Trinajstić information content (AvgIpc) is 3.28. The number of aliphatic imine (C=N–C) groups is 1. The number of guanidine groups is 1. The first kappa shape index (κ1) is 25.1. The van der Waals surface area contributed by atoms with Crippen LogP contribution in [0.4, 0.5) is 0 Å². The van der Waals surface area contributed by atoms with Crippen molar-refractivity contribution in [3.8, 4) is 0 Å². The maximum Gasteiger partial charge on any atom is 0.191 e. The van der Waals surface area contributed by atoms with Gasteiger partial charge >= 0.3 is 0 Å². The Hall–Kier alpha value is -1.16. The highest BCUT2D eigenvalue weighted by Gasteiger charge is 2.23. The molecule has 7 heteroatoms. The van der Waals surface area contributed by atoms with E-state index in [9.17, 15) is 5.11 Å². The van der Waals surface area contributed by atoms with Gasteiger partial charge in [0.05, 0.1) is 13.1 Å². The SMILES string of the molecule is CCNC(=NCc1ccccc1CN1CCCCC1)NCC(C)(O)c1ccsc1.I. The van der Waals surface area contributed by atoms with Gasteiger partial charge in [-0.3, -0.25) is 4.90 Å². The van der Waals surface area contributed by atoms with Crippen molar-refractivity contribution in [3.05, 3.63) is 57.8 Å². The first-order valence-electron chi connectivity index (χ1n) is 10.6. The molecule has 0 amide bonds. The summed E-state index contributed by atoms with van der Waals surface area (Å²) in [7, 11) is 0. The molecule has 1 fully saturated rings. The zero-order valence-electron chi connectivity index (χ0n) is 18.1. The lowest BCUT2D eigenvalue weighted by Gasteiger charge is -2.27. The number of nitrogens with one attached hydrogen (secondary N) is 2. The van der Waals surface area contributed by atoms with Crippen molar-refractivity contribution in [2.75, 3.05) is 26.2 Å². The Morgan fingerprint density at radius 2 is 1.87 bits per heavy atom. The van der Waals surface area contributed by atoms with Crippen LogP contribution in [-0.2, 0) is 18.7 Å². The molecule has 2 aromatic rings. The molecule has 0 bridgehead atoms. The fraction of sp³-hybridized carbons (Fsp3) is 0.522. The summed E-state index contributed by atoms with van der Waals surface area (Å²) in [6, 6.07) is 10.6. The van der Waals surface area contributed by atoms with Crippen molar-refractivity contribution < 1.29 is 5.11 Å². The van der Waals surface area contributed by atoms with Crippen molar-refractivity contribution in [1.82, 2.24) is 15.5 Å². The monoisotopic (exact) mass is 542 g/mol. The second-order valence-corrected chi connectivity index (χ2v) is 8.72. The van der Waals surface area contributed by atoms with Gasteiger partial charge in [-0.15, -0.1) is 24.0 Å². The highest BCUT2D eigenvalue weighted by Crippen LogP contribution is 2.22. The molecule has 1 aromatic carbocycles. The molecule has 1 saturated heterocycles. The molecule has 1 unspecified atom stereocenters. The molecular weight excluding hydrogens is 507 g/mol. The van der Waals surface area contributed by atoms with Crippen molar-refractivity contribution in [3.63, 3.8) is 0 Å². The Morgan fingerprint density at radius 1 is 1.13 bits per heavy atom. The summed E-state index contributed by atoms with van der Waals surface area (Å²) < 4.78 is 0. The Kier molecular flexibility index (Phi) is 10.6. The molecule has 166 valence electrons. The van der Waals surface area contributed by atoms with Gasteiger partial charge in [0, 0.05) is 13.1 Å². The van der Waals surface area contributed by atoms with Crippen LogP contribution in [0.1, 0.15) is 49.8 Å². The van der Waals surface area contributed by atoms with E-state index in [1.165, 1.54) is 43.5 Å². The lowest BCUT2D eigenvalue weighted by Crippen LogP contribution is -2.44. The summed E-state index contributed by atoms with van der Waals surface area (Å²) in [6.45, 7) is 9.09. The van der Waals surface area contributed by atoms with E-state index in [2.05, 4.69) is 46.7 Å². The number of thiophene rings is 1. The van der Waals surface area contributed by atoms with Gasteiger partial charge in [-0.2, -0.15) is 11.3 Å². The summed E-state index contributed by atoms with van der Waals surface area (Å²) >= 11 is 1.60. The number of rotatable bonds is 8. The molecule has 30 heavy (non-hydrogen) atoms. The quantitative estimate of drug-likeness (QED) is 0.264. The van der Waals surface area contributed by atoms with Crippen LogP contribution in [-0.4, -0.2) is 42.1 Å². The number of likely N-dealkylation sites (tertiary alicyclic amines) is 1. The normalized spacial score (nSPS) is 17.1. The summed E-state index contributed by atoms with van der Waals surface area (Å²) in [4.78, 5) is 7.34. The number of halogens is 1. The second-order valence-electron chi connectivity index (χ2n) is 7.94. The summed E-state index contributed by atoms with van der Waals surface area (Å²) in [5.41, 5.74) is 2.62. The lowest BCUT2D eigenvalue weighted by atomic mass is 9.99. The van der Waals surface area contributed by atoms with Crippen molar-refractivity contribution >= 4 is 41.3 Å². The minimum absolute atomic E-state index is 0. The van der Waals surface area contributed by atoms with Gasteiger partial charge in [-0.1, -0.05) is 30.7 Å². The average molecular weight is 543 g/mol. The van der Waals surface area contributed by atoms with Crippen LogP contribution >= 0.6 is 35.3 Å². The minimum atomic E-state index is -0.928. The molecule has 0 aliphatic carbocycles. The highest BCUT2D eigenvalue weighted by atomic mass is 127. The molecule has 0 spiro atoms. The number of hydrogen-bond donors (Lipinski definition) is 3. The topological polar surface area (TPSA) is 59.9 Å². The fourth-order valence-electron chi connectivity index (χ4n) is 3.66. The third-order valence-electron chi connectivity index (χ3n) is 5.46. The molecule has 1 aliphatic rings. The Labute approximate surface area is 202 Å². The van der Waals surface area contributed by atoms with E-state index in [1.54, 1.807) is 11.3 Å². The molecule has 0 radical (unpaired) electrons. The van der Waals surface area contributed by atoms with Crippen molar-refractivity contribution in [2.24, 2.45) is 4.99 Å². The standard InChI is InChI=1S/C23H34N4OS.HI/c1-3-24-22(26-18-23(2,28)21-11-14-29-17-21)25-15-19-9-5-6-10-20(19)16-27-12-7-4-8-13-27;/h5-6,9-11,14,17,28H,3-4,7-8,12-13,15-16,18H2,1-2H3,(H2,24,25,26);1H. The van der Waals surface area contributed by atoms with Crippen LogP contribution < -0.4 is 10.6 Å². The minimum Gasteiger partial charge on any atom is -0.384 e. The third kappa shape index (κ3) is 7.51. The maximum absolute atomic E-state index is 10.8. The molecule has 5 nitrogen and oxygen atoms in total. The van der Waals surface area contributed by atoms with E-state index in [-0.39, 0.29) is 24.0 Å². The third-order valence-corrected chi connectivity index (χ3v) is 6.14. The van der Waals surface area contributed by atoms with E-state index < -0.39 is 5.60 Å². The van der Waals surface area contributed by atoms with Crippen molar-refractivity contribution in [1.29, 1.82) is 0 Å². The van der Waals surface area contributed by atoms with Crippen molar-refractivity contribution in [2.45, 2.75) is 51.8 Å². The van der Waals surface area contributed by atoms with Gasteiger partial charge in [0.15, 0.2) is 5.96 Å². The lowest BCUT2D eigenvalue weighted by molar-refractivity contribution is 0.0621. The number of hydrogen-bond acceptors (Lipinski definition) is 4. The van der Waals surface area contributed by atoms with E-state index in [0.29, 0.717) is 13.1 Å². The van der Waals surface area contributed by atoms with Crippen LogP contribution in [0.15, 0.2) is 46.1 Å². The predicted molar refractivity (Wildman–Crippen MR) is 138 cm³/mol. The smallest absolute Gasteiger partial charge is 0.191 e. The zero-order valence-corrected chi connectivity index (χ0v) is 21.2. The summed E-state index contributed by atoms with van der Waals surface area (Å²) in [5.74, 6) is 0.732. The Morgan fingerprint density at radius 3 is 2.53 bits per heavy atom. The van der Waals surface area contributed by atoms with Crippen LogP contribution in [0.2, 0.25) is 0 Å². The van der Waals surface area contributed by atoms with Gasteiger partial charge in [0.2, 0.25) is 0 Å². The molecule has 2 heterocycles. The Bertz CT molecular complexity index is 773. The van der Waals surface area contributed by atoms with Crippen LogP contribution in [0.5, 0.6) is 0 Å². The van der Waals surface area contributed by atoms with Gasteiger partial charge in [0.25, 0.3) is 0 Å². The Balaban J connectivity index is 0.00000320. The maximum atomic E-state index is 10.8. The molecular formula is C23H35IN4OS. The van der Waals surface area contributed by atoms with E-state index in [1.807, 2.05) is 23.8 Å². The largest absolute Gasteiger partial charge is 0.384 e. The number of piperidine rings is 1. The molecule has 3 N–H and O–H groups in total. The van der Waals surface area contributed by atoms with E-state index in [4.69, 9.17) is 4.99 Å². The van der Waals surface area contributed by atoms with E-state index >= 15 is 0 Å². The summed E-state index contributed by atoms with van der Waals surface area (Å²) in [6.07, 6.45) is 3.97. The highest BCUT2D eigenvalue weighted by molar-refractivity contribution is 14.0. The zero-order chi connectivity index (χ0) is 20.5. The molecule has 3 rings (SSSR count). The number of benzene rings is 1. The number of nitrogens with zero attached hydrogens (tertiary/aromatic N) is 2. The summed E-state index contributed by atoms with van der Waals surface area (Å²) in [5, 5.41) is 21.3. The van der Waals surface area contributed by atoms with E-state index in [0.717, 1.165) is 24.6 Å². The van der Waals surface area contributed by atoms with Crippen LogP contribution in [0.3, 0.4) is 0 Å². The van der Waals surface area contributed by atoms with Crippen LogP contribution in [0.25, 0.3) is 0 Å². The van der Waals surface area contributed by atoms with Gasteiger partial charge in [-0.05, 0) is 73.3 Å².